The zero-order valence-electron chi connectivity index (χ0n) is 11.9. The SMILES string of the molecule is Cc1ccc(NC(=O)C(=O)NC2CCCCC2O)c(F)c1. The average Bonchev–Trinajstić information content (AvgIpc) is 2.44. The highest BCUT2D eigenvalue weighted by atomic mass is 19.1. The maximum absolute atomic E-state index is 13.6. The number of carbonyl (C=O) groups is 2. The van der Waals surface area contributed by atoms with E-state index in [4.69, 9.17) is 0 Å². The van der Waals surface area contributed by atoms with Crippen LogP contribution in [-0.4, -0.2) is 29.1 Å². The number of carbonyl (C=O) groups excluding carboxylic acids is 2. The minimum Gasteiger partial charge on any atom is -0.391 e. The lowest BCUT2D eigenvalue weighted by atomic mass is 9.92. The molecule has 5 nitrogen and oxygen atoms in total. The van der Waals surface area contributed by atoms with E-state index in [1.165, 1.54) is 12.1 Å². The van der Waals surface area contributed by atoms with Crippen LogP contribution in [0.2, 0.25) is 0 Å². The fourth-order valence-electron chi connectivity index (χ4n) is 2.41. The van der Waals surface area contributed by atoms with Crippen molar-refractivity contribution in [1.29, 1.82) is 0 Å². The molecular weight excluding hydrogens is 275 g/mol. The molecule has 0 aromatic heterocycles. The molecule has 2 unspecified atom stereocenters. The van der Waals surface area contributed by atoms with Crippen molar-refractivity contribution in [1.82, 2.24) is 5.32 Å². The molecule has 114 valence electrons. The molecule has 0 radical (unpaired) electrons. The zero-order chi connectivity index (χ0) is 15.4. The number of benzene rings is 1. The highest BCUT2D eigenvalue weighted by molar-refractivity contribution is 6.39. The fourth-order valence-corrected chi connectivity index (χ4v) is 2.41. The van der Waals surface area contributed by atoms with Crippen LogP contribution >= 0.6 is 0 Å². The van der Waals surface area contributed by atoms with Gasteiger partial charge in [0, 0.05) is 0 Å². The number of aliphatic hydroxyl groups is 1. The molecule has 6 heteroatoms. The van der Waals surface area contributed by atoms with E-state index < -0.39 is 29.8 Å². The molecule has 1 aliphatic rings. The molecule has 0 bridgehead atoms. The van der Waals surface area contributed by atoms with Gasteiger partial charge in [-0.05, 0) is 37.5 Å². The molecule has 21 heavy (non-hydrogen) atoms. The molecule has 1 aromatic carbocycles. The minimum absolute atomic E-state index is 0.0371. The van der Waals surface area contributed by atoms with Crippen LogP contribution in [0.5, 0.6) is 0 Å². The Morgan fingerprint density at radius 1 is 1.24 bits per heavy atom. The first-order valence-corrected chi connectivity index (χ1v) is 7.03. The van der Waals surface area contributed by atoms with Crippen molar-refractivity contribution in [2.75, 3.05) is 5.32 Å². The number of anilines is 1. The summed E-state index contributed by atoms with van der Waals surface area (Å²) in [6.07, 6.45) is 2.43. The summed E-state index contributed by atoms with van der Waals surface area (Å²) < 4.78 is 13.6. The molecule has 0 aliphatic heterocycles. The summed E-state index contributed by atoms with van der Waals surface area (Å²) in [4.78, 5) is 23.5. The van der Waals surface area contributed by atoms with E-state index in [9.17, 15) is 19.1 Å². The van der Waals surface area contributed by atoms with Gasteiger partial charge in [0.25, 0.3) is 0 Å². The van der Waals surface area contributed by atoms with Crippen molar-refractivity contribution in [3.8, 4) is 0 Å². The molecule has 2 amide bonds. The Bertz CT molecular complexity index is 548. The van der Waals surface area contributed by atoms with E-state index in [0.717, 1.165) is 18.4 Å². The number of rotatable bonds is 2. The van der Waals surface area contributed by atoms with Crippen LogP contribution in [0.4, 0.5) is 10.1 Å². The lowest BCUT2D eigenvalue weighted by molar-refractivity contribution is -0.137. The molecule has 2 rings (SSSR count). The van der Waals surface area contributed by atoms with E-state index in [2.05, 4.69) is 10.6 Å². The van der Waals surface area contributed by atoms with Gasteiger partial charge in [-0.15, -0.1) is 0 Å². The van der Waals surface area contributed by atoms with Gasteiger partial charge in [0.05, 0.1) is 17.8 Å². The van der Waals surface area contributed by atoms with E-state index in [-0.39, 0.29) is 5.69 Å². The smallest absolute Gasteiger partial charge is 0.313 e. The molecule has 0 spiro atoms. The third kappa shape index (κ3) is 4.01. The zero-order valence-corrected chi connectivity index (χ0v) is 11.9. The molecule has 2 atom stereocenters. The van der Waals surface area contributed by atoms with E-state index in [1.54, 1.807) is 13.0 Å². The van der Waals surface area contributed by atoms with Crippen LogP contribution in [0.15, 0.2) is 18.2 Å². The van der Waals surface area contributed by atoms with E-state index in [1.807, 2.05) is 0 Å². The van der Waals surface area contributed by atoms with Gasteiger partial charge in [-0.25, -0.2) is 4.39 Å². The molecular formula is C15H19FN2O3. The lowest BCUT2D eigenvalue weighted by Crippen LogP contribution is -2.48. The Kier molecular flexibility index (Phi) is 4.90. The van der Waals surface area contributed by atoms with Gasteiger partial charge in [0.1, 0.15) is 5.82 Å². The number of hydrogen-bond acceptors (Lipinski definition) is 3. The van der Waals surface area contributed by atoms with Crippen molar-refractivity contribution in [3.05, 3.63) is 29.6 Å². The number of nitrogens with one attached hydrogen (secondary N) is 2. The molecule has 0 heterocycles. The third-order valence-electron chi connectivity index (χ3n) is 3.62. The summed E-state index contributed by atoms with van der Waals surface area (Å²) in [5.74, 6) is -2.38. The van der Waals surface area contributed by atoms with Crippen molar-refractivity contribution in [2.45, 2.75) is 44.8 Å². The minimum atomic E-state index is -0.935. The summed E-state index contributed by atoms with van der Waals surface area (Å²) in [5, 5.41) is 14.5. The summed E-state index contributed by atoms with van der Waals surface area (Å²) in [7, 11) is 0. The monoisotopic (exact) mass is 294 g/mol. The lowest BCUT2D eigenvalue weighted by Gasteiger charge is -2.27. The molecule has 1 aromatic rings. The Morgan fingerprint density at radius 2 is 1.95 bits per heavy atom. The van der Waals surface area contributed by atoms with Crippen molar-refractivity contribution < 1.29 is 19.1 Å². The Labute approximate surface area is 122 Å². The predicted molar refractivity (Wildman–Crippen MR) is 76.2 cm³/mol. The Hall–Kier alpha value is -1.95. The molecule has 0 saturated heterocycles. The second kappa shape index (κ2) is 6.67. The standard InChI is InChI=1S/C15H19FN2O3/c1-9-6-7-11(10(16)8-9)17-14(20)15(21)18-12-4-2-3-5-13(12)19/h6-8,12-13,19H,2-5H2,1H3,(H,17,20)(H,18,21). The van der Waals surface area contributed by atoms with Gasteiger partial charge in [0.2, 0.25) is 0 Å². The van der Waals surface area contributed by atoms with Gasteiger partial charge >= 0.3 is 11.8 Å². The van der Waals surface area contributed by atoms with Crippen LogP contribution in [0, 0.1) is 12.7 Å². The van der Waals surface area contributed by atoms with Gasteiger partial charge in [-0.2, -0.15) is 0 Å². The van der Waals surface area contributed by atoms with Gasteiger partial charge < -0.3 is 15.7 Å². The highest BCUT2D eigenvalue weighted by Gasteiger charge is 2.27. The van der Waals surface area contributed by atoms with E-state index in [0.29, 0.717) is 12.8 Å². The van der Waals surface area contributed by atoms with Crippen LogP contribution < -0.4 is 10.6 Å². The number of amides is 2. The number of aryl methyl sites for hydroxylation is 1. The summed E-state index contributed by atoms with van der Waals surface area (Å²) in [6, 6.07) is 3.91. The van der Waals surface area contributed by atoms with Gasteiger partial charge in [-0.3, -0.25) is 9.59 Å². The topological polar surface area (TPSA) is 78.4 Å². The first-order chi connectivity index (χ1) is 9.97. The third-order valence-corrected chi connectivity index (χ3v) is 3.62. The summed E-state index contributed by atoms with van der Waals surface area (Å²) in [5.41, 5.74) is 0.685. The van der Waals surface area contributed by atoms with Crippen LogP contribution in [0.1, 0.15) is 31.2 Å². The van der Waals surface area contributed by atoms with Crippen molar-refractivity contribution >= 4 is 17.5 Å². The van der Waals surface area contributed by atoms with Gasteiger partial charge in [-0.1, -0.05) is 18.9 Å². The second-order valence-corrected chi connectivity index (χ2v) is 5.37. The largest absolute Gasteiger partial charge is 0.391 e. The Morgan fingerprint density at radius 3 is 2.62 bits per heavy atom. The number of hydrogen-bond donors (Lipinski definition) is 3. The van der Waals surface area contributed by atoms with Crippen LogP contribution in [0.3, 0.4) is 0 Å². The van der Waals surface area contributed by atoms with Crippen molar-refractivity contribution in [2.24, 2.45) is 0 Å². The number of aliphatic hydroxyl groups excluding tert-OH is 1. The predicted octanol–water partition coefficient (Wildman–Crippen LogP) is 1.49. The second-order valence-electron chi connectivity index (χ2n) is 5.37. The maximum atomic E-state index is 13.6. The fraction of sp³-hybridized carbons (Fsp3) is 0.467. The number of halogens is 1. The van der Waals surface area contributed by atoms with Crippen LogP contribution in [-0.2, 0) is 9.59 Å². The first-order valence-electron chi connectivity index (χ1n) is 7.03. The maximum Gasteiger partial charge on any atom is 0.313 e. The molecule has 1 aliphatic carbocycles. The molecule has 3 N–H and O–H groups in total. The molecule has 1 saturated carbocycles. The first kappa shape index (κ1) is 15.4. The normalized spacial score (nSPS) is 21.7. The quantitative estimate of drug-likeness (QED) is 0.723. The van der Waals surface area contributed by atoms with Crippen molar-refractivity contribution in [3.63, 3.8) is 0 Å². The van der Waals surface area contributed by atoms with E-state index >= 15 is 0 Å². The van der Waals surface area contributed by atoms with Crippen LogP contribution in [0.25, 0.3) is 0 Å². The molecule has 1 fully saturated rings. The highest BCUT2D eigenvalue weighted by Crippen LogP contribution is 2.18. The summed E-state index contributed by atoms with van der Waals surface area (Å²) >= 11 is 0. The Balaban J connectivity index is 1.94. The van der Waals surface area contributed by atoms with Gasteiger partial charge in [0.15, 0.2) is 0 Å². The average molecular weight is 294 g/mol. The summed E-state index contributed by atoms with van der Waals surface area (Å²) in [6.45, 7) is 1.73.